The van der Waals surface area contributed by atoms with Gasteiger partial charge >= 0.3 is 5.97 Å². The highest BCUT2D eigenvalue weighted by Crippen LogP contribution is 2.38. The van der Waals surface area contributed by atoms with Crippen LogP contribution in [0.25, 0.3) is 22.0 Å². The Bertz CT molecular complexity index is 1870. The number of rotatable bonds is 8. The zero-order valence-corrected chi connectivity index (χ0v) is 24.7. The van der Waals surface area contributed by atoms with E-state index in [2.05, 4.69) is 38.1 Å². The van der Waals surface area contributed by atoms with Crippen molar-refractivity contribution in [3.05, 3.63) is 120 Å². The van der Waals surface area contributed by atoms with E-state index in [9.17, 15) is 19.7 Å². The normalized spacial score (nSPS) is 11.0. The van der Waals surface area contributed by atoms with Gasteiger partial charge in [-0.2, -0.15) is 5.10 Å². The number of hydrogen-bond acceptors (Lipinski definition) is 7. The summed E-state index contributed by atoms with van der Waals surface area (Å²) in [5, 5.41) is 16.3. The van der Waals surface area contributed by atoms with Crippen LogP contribution >= 0.6 is 34.2 Å². The molecule has 0 saturated heterocycles. The van der Waals surface area contributed by atoms with Gasteiger partial charge in [0, 0.05) is 37.2 Å². The fourth-order valence-corrected chi connectivity index (χ4v) is 5.11. The Balaban J connectivity index is 1.34. The average molecular weight is 695 g/mol. The number of carbonyl (C=O) groups is 2. The third-order valence-corrected chi connectivity index (χ3v) is 7.47. The second kappa shape index (κ2) is 12.4. The van der Waals surface area contributed by atoms with Crippen LogP contribution in [-0.4, -0.2) is 35.1 Å². The maximum absolute atomic E-state index is 13.3. The van der Waals surface area contributed by atoms with Gasteiger partial charge in [0.25, 0.3) is 11.6 Å². The second-order valence-electron chi connectivity index (χ2n) is 8.82. The minimum Gasteiger partial charge on any atom is -0.493 e. The Morgan fingerprint density at radius 2 is 1.79 bits per heavy atom. The highest BCUT2D eigenvalue weighted by Gasteiger charge is 2.22. The number of para-hydroxylation sites is 1. The standard InChI is InChI=1S/C30H20ClIN4O6/c1-41-25-15-17(9-14-24(25)42-30(38)18-10-12-19(13-11-18)36(39)40)16-33-35-29(37)28-26(20-5-2-3-7-22(20)31)21-6-4-8-23(32)27(21)34-28/h2-16,34H,1H3,(H,35,37). The first-order chi connectivity index (χ1) is 20.3. The third-order valence-electron chi connectivity index (χ3n) is 6.24. The van der Waals surface area contributed by atoms with Crippen LogP contribution in [0.5, 0.6) is 11.5 Å². The van der Waals surface area contributed by atoms with Crippen LogP contribution in [0.4, 0.5) is 5.69 Å². The number of ether oxygens (including phenoxy) is 2. The van der Waals surface area contributed by atoms with Crippen molar-refractivity contribution in [3.8, 4) is 22.6 Å². The van der Waals surface area contributed by atoms with Gasteiger partial charge in [0.2, 0.25) is 0 Å². The first-order valence-corrected chi connectivity index (χ1v) is 13.8. The molecule has 1 heterocycles. The number of hydrazone groups is 1. The number of esters is 1. The number of methoxy groups -OCH3 is 1. The second-order valence-corrected chi connectivity index (χ2v) is 10.4. The van der Waals surface area contributed by atoms with E-state index in [0.29, 0.717) is 27.4 Å². The Morgan fingerprint density at radius 3 is 2.50 bits per heavy atom. The fraction of sp³-hybridized carbons (Fsp3) is 0.0333. The minimum absolute atomic E-state index is 0.138. The lowest BCUT2D eigenvalue weighted by atomic mass is 10.0. The molecule has 2 N–H and O–H groups in total. The molecular formula is C30H20ClIN4O6. The fourth-order valence-electron chi connectivity index (χ4n) is 4.24. The van der Waals surface area contributed by atoms with Gasteiger partial charge < -0.3 is 14.5 Å². The van der Waals surface area contributed by atoms with Crippen LogP contribution in [0.15, 0.2) is 90.0 Å². The number of fused-ring (bicyclic) bond motifs is 1. The summed E-state index contributed by atoms with van der Waals surface area (Å²) in [6, 6.07) is 22.8. The molecule has 1 aromatic heterocycles. The monoisotopic (exact) mass is 694 g/mol. The molecule has 0 aliphatic rings. The first-order valence-electron chi connectivity index (χ1n) is 12.3. The first kappa shape index (κ1) is 28.8. The largest absolute Gasteiger partial charge is 0.493 e. The minimum atomic E-state index is -0.709. The molecular weight excluding hydrogens is 675 g/mol. The van der Waals surface area contributed by atoms with Crippen molar-refractivity contribution in [2.75, 3.05) is 7.11 Å². The summed E-state index contributed by atoms with van der Waals surface area (Å²) >= 11 is 8.70. The number of nitro groups is 1. The average Bonchev–Trinajstić information content (AvgIpc) is 3.39. The number of carbonyl (C=O) groups excluding carboxylic acids is 2. The van der Waals surface area contributed by atoms with Crippen LogP contribution in [0.2, 0.25) is 5.02 Å². The van der Waals surface area contributed by atoms with E-state index < -0.39 is 16.8 Å². The van der Waals surface area contributed by atoms with Crippen molar-refractivity contribution in [1.82, 2.24) is 10.4 Å². The van der Waals surface area contributed by atoms with E-state index in [4.69, 9.17) is 21.1 Å². The number of amides is 1. The van der Waals surface area contributed by atoms with E-state index in [1.165, 1.54) is 43.7 Å². The SMILES string of the molecule is COc1cc(C=NNC(=O)c2[nH]c3c(I)cccc3c2-c2ccccc2Cl)ccc1OC(=O)c1ccc([N+](=O)[O-])cc1. The number of H-pyrrole nitrogens is 1. The molecule has 0 fully saturated rings. The summed E-state index contributed by atoms with van der Waals surface area (Å²) in [5.41, 5.74) is 5.61. The lowest BCUT2D eigenvalue weighted by Crippen LogP contribution is -2.19. The van der Waals surface area contributed by atoms with Crippen LogP contribution < -0.4 is 14.9 Å². The van der Waals surface area contributed by atoms with Gasteiger partial charge in [-0.3, -0.25) is 14.9 Å². The molecule has 10 nitrogen and oxygen atoms in total. The smallest absolute Gasteiger partial charge is 0.343 e. The Morgan fingerprint density at radius 1 is 1.02 bits per heavy atom. The molecule has 12 heteroatoms. The van der Waals surface area contributed by atoms with Crippen molar-refractivity contribution in [1.29, 1.82) is 0 Å². The number of benzene rings is 4. The van der Waals surface area contributed by atoms with Crippen LogP contribution in [0.3, 0.4) is 0 Å². The molecule has 0 aliphatic carbocycles. The van der Waals surface area contributed by atoms with E-state index in [1.54, 1.807) is 18.2 Å². The van der Waals surface area contributed by atoms with Crippen molar-refractivity contribution >= 4 is 68.9 Å². The molecule has 210 valence electrons. The Hall–Kier alpha value is -4.75. The van der Waals surface area contributed by atoms with E-state index in [0.717, 1.165) is 14.5 Å². The van der Waals surface area contributed by atoms with Crippen molar-refractivity contribution in [2.45, 2.75) is 0 Å². The predicted octanol–water partition coefficient (Wildman–Crippen LogP) is 6.99. The maximum atomic E-state index is 13.3. The maximum Gasteiger partial charge on any atom is 0.343 e. The van der Waals surface area contributed by atoms with Crippen LogP contribution in [0, 0.1) is 13.7 Å². The number of hydrogen-bond donors (Lipinski definition) is 2. The van der Waals surface area contributed by atoms with Crippen LogP contribution in [0.1, 0.15) is 26.4 Å². The number of nitrogens with zero attached hydrogens (tertiary/aromatic N) is 2. The zero-order valence-electron chi connectivity index (χ0n) is 21.8. The molecule has 0 atom stereocenters. The summed E-state index contributed by atoms with van der Waals surface area (Å²) < 4.78 is 11.7. The number of non-ortho nitro benzene ring substituents is 1. The van der Waals surface area contributed by atoms with Gasteiger partial charge in [-0.15, -0.1) is 0 Å². The van der Waals surface area contributed by atoms with Crippen molar-refractivity contribution in [3.63, 3.8) is 0 Å². The van der Waals surface area contributed by atoms with Gasteiger partial charge in [0.05, 0.1) is 29.3 Å². The highest BCUT2D eigenvalue weighted by molar-refractivity contribution is 14.1. The quantitative estimate of drug-likeness (QED) is 0.0449. The number of aromatic amines is 1. The molecule has 0 bridgehead atoms. The summed E-state index contributed by atoms with van der Waals surface area (Å²) in [5.74, 6) is -0.793. The molecule has 0 unspecified atom stereocenters. The van der Waals surface area contributed by atoms with Gasteiger partial charge in [0.1, 0.15) is 5.69 Å². The predicted molar refractivity (Wildman–Crippen MR) is 168 cm³/mol. The van der Waals surface area contributed by atoms with Gasteiger partial charge in [-0.25, -0.2) is 10.2 Å². The van der Waals surface area contributed by atoms with Gasteiger partial charge in [-0.1, -0.05) is 41.9 Å². The van der Waals surface area contributed by atoms with E-state index in [1.807, 2.05) is 36.4 Å². The topological polar surface area (TPSA) is 136 Å². The molecule has 5 aromatic rings. The van der Waals surface area contributed by atoms with Crippen molar-refractivity contribution in [2.24, 2.45) is 5.10 Å². The molecule has 4 aromatic carbocycles. The van der Waals surface area contributed by atoms with E-state index >= 15 is 0 Å². The summed E-state index contributed by atoms with van der Waals surface area (Å²) in [7, 11) is 1.41. The van der Waals surface area contributed by atoms with Gasteiger partial charge in [0.15, 0.2) is 11.5 Å². The molecule has 1 amide bonds. The Kier molecular flexibility index (Phi) is 8.50. The van der Waals surface area contributed by atoms with Gasteiger partial charge in [-0.05, 0) is 70.6 Å². The molecule has 5 rings (SSSR count). The lowest BCUT2D eigenvalue weighted by Gasteiger charge is -2.10. The van der Waals surface area contributed by atoms with Crippen molar-refractivity contribution < 1.29 is 24.0 Å². The molecule has 42 heavy (non-hydrogen) atoms. The number of halogens is 2. The summed E-state index contributed by atoms with van der Waals surface area (Å²) in [6.45, 7) is 0. The Labute approximate surface area is 257 Å². The highest BCUT2D eigenvalue weighted by atomic mass is 127. The number of nitrogens with one attached hydrogen (secondary N) is 2. The van der Waals surface area contributed by atoms with Crippen LogP contribution in [-0.2, 0) is 0 Å². The third kappa shape index (κ3) is 5.97. The van der Waals surface area contributed by atoms with E-state index in [-0.39, 0.29) is 22.7 Å². The summed E-state index contributed by atoms with van der Waals surface area (Å²) in [6.07, 6.45) is 1.42. The zero-order chi connectivity index (χ0) is 29.8. The molecule has 0 saturated carbocycles. The molecule has 0 radical (unpaired) electrons. The lowest BCUT2D eigenvalue weighted by molar-refractivity contribution is -0.384. The molecule has 0 spiro atoms. The summed E-state index contributed by atoms with van der Waals surface area (Å²) in [4.78, 5) is 39.3. The number of aromatic nitrogens is 1. The number of nitro benzene ring substituents is 1. The molecule has 0 aliphatic heterocycles.